The number of esters is 1. The van der Waals surface area contributed by atoms with Gasteiger partial charge in [-0.15, -0.1) is 0 Å². The molecule has 2 fully saturated rings. The number of anilines is 1. The van der Waals surface area contributed by atoms with E-state index in [1.165, 1.54) is 6.33 Å². The molecule has 0 saturated heterocycles. The van der Waals surface area contributed by atoms with Crippen LogP contribution in [0.25, 0.3) is 11.2 Å². The van der Waals surface area contributed by atoms with Gasteiger partial charge in [-0.1, -0.05) is 6.42 Å². The number of nitrogens with zero attached hydrogens (tertiary/aromatic N) is 4. The second-order valence-corrected chi connectivity index (χ2v) is 11.4. The first-order valence-corrected chi connectivity index (χ1v) is 13.6. The first-order valence-electron chi connectivity index (χ1n) is 11.7. The number of nitrogen functional groups attached to an aromatic ring is 1. The van der Waals surface area contributed by atoms with Gasteiger partial charge in [-0.2, -0.15) is 0 Å². The summed E-state index contributed by atoms with van der Waals surface area (Å²) < 4.78 is 27.1. The Kier molecular flexibility index (Phi) is 7.63. The first kappa shape index (κ1) is 24.1. The highest BCUT2D eigenvalue weighted by molar-refractivity contribution is 7.59. The average Bonchev–Trinajstić information content (AvgIpc) is 3.40. The molecule has 0 bridgehead atoms. The van der Waals surface area contributed by atoms with Crippen LogP contribution in [0.3, 0.4) is 0 Å². The van der Waals surface area contributed by atoms with Crippen LogP contribution in [0.1, 0.15) is 58.8 Å². The van der Waals surface area contributed by atoms with Crippen LogP contribution in [0, 0.1) is 0 Å². The number of ether oxygens (including phenoxy) is 2. The number of imidazole rings is 1. The molecule has 3 atom stereocenters. The van der Waals surface area contributed by atoms with Crippen LogP contribution < -0.4 is 15.9 Å². The molecule has 4 N–H and O–H groups in total. The molecule has 0 radical (unpaired) electrons. The van der Waals surface area contributed by atoms with Crippen LogP contribution in [0.15, 0.2) is 12.7 Å². The molecule has 33 heavy (non-hydrogen) atoms. The summed E-state index contributed by atoms with van der Waals surface area (Å²) in [5, 5.41) is 6.22. The zero-order valence-corrected chi connectivity index (χ0v) is 20.2. The van der Waals surface area contributed by atoms with E-state index in [1.807, 2.05) is 11.5 Å². The lowest BCUT2D eigenvalue weighted by molar-refractivity contribution is -0.150. The third-order valence-electron chi connectivity index (χ3n) is 6.26. The van der Waals surface area contributed by atoms with Crippen LogP contribution in [0.5, 0.6) is 0 Å². The van der Waals surface area contributed by atoms with Crippen molar-refractivity contribution in [2.45, 2.75) is 89.6 Å². The number of hydrogen-bond donors (Lipinski definition) is 3. The van der Waals surface area contributed by atoms with Gasteiger partial charge in [-0.05, 0) is 52.4 Å². The van der Waals surface area contributed by atoms with Gasteiger partial charge in [0.05, 0.1) is 19.0 Å². The third kappa shape index (κ3) is 6.09. The third-order valence-corrected chi connectivity index (χ3v) is 8.36. The lowest BCUT2D eigenvalue weighted by Gasteiger charge is -2.33. The molecule has 11 nitrogen and oxygen atoms in total. The van der Waals surface area contributed by atoms with Gasteiger partial charge in [0.25, 0.3) is 0 Å². The van der Waals surface area contributed by atoms with Gasteiger partial charge in [0.1, 0.15) is 30.3 Å². The van der Waals surface area contributed by atoms with E-state index >= 15 is 0 Å². The summed E-state index contributed by atoms with van der Waals surface area (Å²) in [7, 11) is -3.19. The Hall–Kier alpha value is -2.07. The topological polar surface area (TPSA) is 146 Å². The van der Waals surface area contributed by atoms with E-state index < -0.39 is 13.5 Å². The van der Waals surface area contributed by atoms with Gasteiger partial charge in [-0.3, -0.25) is 14.4 Å². The fourth-order valence-electron chi connectivity index (χ4n) is 4.18. The number of fused-ring (bicyclic) bond motifs is 1. The predicted octanol–water partition coefficient (Wildman–Crippen LogP) is 2.57. The van der Waals surface area contributed by atoms with Crippen molar-refractivity contribution < 1.29 is 18.8 Å². The van der Waals surface area contributed by atoms with Gasteiger partial charge in [0.15, 0.2) is 11.5 Å². The fraction of sp³-hybridized carbons (Fsp3) is 0.714. The predicted molar refractivity (Wildman–Crippen MR) is 124 cm³/mol. The number of carbonyl (C=O) groups is 1. The summed E-state index contributed by atoms with van der Waals surface area (Å²) in [5.41, 5.74) is 7.01. The SMILES string of the molecule is C[C@H](Cn1cnc2c(N)ncnc21)OCP(=O)(NC1CCC1)N[C@H](C)C(=O)OC1CCCC1. The Labute approximate surface area is 193 Å². The average molecular weight is 480 g/mol. The summed E-state index contributed by atoms with van der Waals surface area (Å²) in [4.78, 5) is 25.0. The molecule has 2 aliphatic carbocycles. The summed E-state index contributed by atoms with van der Waals surface area (Å²) in [6, 6.07) is -0.530. The van der Waals surface area contributed by atoms with Crippen LogP contribution in [-0.4, -0.2) is 56.1 Å². The molecule has 182 valence electrons. The van der Waals surface area contributed by atoms with E-state index in [4.69, 9.17) is 15.2 Å². The standard InChI is InChI=1S/C21H34N7O4P/c1-14(10-28-12-25-18-19(22)23-11-24-20(18)28)31-13-33(30,27-16-6-5-7-16)26-15(2)21(29)32-17-8-3-4-9-17/h11-12,14-17H,3-10,13H2,1-2H3,(H2,22,23,24)(H2,26,27,30)/t14-,15-,33?/m1/s1. The summed E-state index contributed by atoms with van der Waals surface area (Å²) in [6.45, 7) is 4.04. The molecule has 2 heterocycles. The molecule has 0 spiro atoms. The highest BCUT2D eigenvalue weighted by atomic mass is 31.2. The Morgan fingerprint density at radius 3 is 2.67 bits per heavy atom. The lowest BCUT2D eigenvalue weighted by atomic mass is 9.94. The van der Waals surface area contributed by atoms with Gasteiger partial charge in [0.2, 0.25) is 7.44 Å². The van der Waals surface area contributed by atoms with Crippen LogP contribution in [0.4, 0.5) is 5.82 Å². The summed E-state index contributed by atoms with van der Waals surface area (Å²) in [6.07, 6.45) is 9.67. The minimum Gasteiger partial charge on any atom is -0.461 e. The molecule has 1 unspecified atom stereocenters. The Balaban J connectivity index is 1.35. The van der Waals surface area contributed by atoms with Gasteiger partial charge in [0, 0.05) is 6.04 Å². The van der Waals surface area contributed by atoms with Crippen molar-refractivity contribution in [2.24, 2.45) is 0 Å². The molecule has 2 aliphatic rings. The molecule has 4 rings (SSSR count). The van der Waals surface area contributed by atoms with Crippen molar-refractivity contribution in [1.82, 2.24) is 29.7 Å². The maximum absolute atomic E-state index is 13.7. The van der Waals surface area contributed by atoms with E-state index in [-0.39, 0.29) is 30.6 Å². The Morgan fingerprint density at radius 2 is 1.97 bits per heavy atom. The highest BCUT2D eigenvalue weighted by Crippen LogP contribution is 2.41. The van der Waals surface area contributed by atoms with Crippen LogP contribution >= 0.6 is 7.44 Å². The number of carbonyl (C=O) groups excluding carboxylic acids is 1. The van der Waals surface area contributed by atoms with E-state index in [9.17, 15) is 9.36 Å². The van der Waals surface area contributed by atoms with Crippen LogP contribution in [0.2, 0.25) is 0 Å². The number of nitrogens with two attached hydrogens (primary N) is 1. The molecular formula is C21H34N7O4P. The van der Waals surface area contributed by atoms with Crippen molar-refractivity contribution in [2.75, 3.05) is 12.1 Å². The molecule has 12 heteroatoms. The van der Waals surface area contributed by atoms with Crippen molar-refractivity contribution in [3.63, 3.8) is 0 Å². The van der Waals surface area contributed by atoms with E-state index in [0.717, 1.165) is 44.9 Å². The Bertz CT molecular complexity index is 1010. The van der Waals surface area contributed by atoms with E-state index in [0.29, 0.717) is 23.5 Å². The number of aromatic nitrogens is 4. The minimum atomic E-state index is -3.19. The number of hydrogen-bond acceptors (Lipinski definition) is 8. The second-order valence-electron chi connectivity index (χ2n) is 9.13. The molecule has 0 aliphatic heterocycles. The minimum absolute atomic E-state index is 0.0279. The second kappa shape index (κ2) is 10.5. The van der Waals surface area contributed by atoms with E-state index in [1.54, 1.807) is 13.3 Å². The number of nitrogens with one attached hydrogen (secondary N) is 2. The Morgan fingerprint density at radius 1 is 1.21 bits per heavy atom. The van der Waals surface area contributed by atoms with Gasteiger partial charge in [-0.25, -0.2) is 20.0 Å². The van der Waals surface area contributed by atoms with Crippen molar-refractivity contribution in [3.8, 4) is 0 Å². The van der Waals surface area contributed by atoms with Crippen LogP contribution in [-0.2, 0) is 25.4 Å². The first-order chi connectivity index (χ1) is 15.8. The number of rotatable bonds is 11. The molecule has 0 amide bonds. The zero-order valence-electron chi connectivity index (χ0n) is 19.3. The van der Waals surface area contributed by atoms with Crippen molar-refractivity contribution in [1.29, 1.82) is 0 Å². The largest absolute Gasteiger partial charge is 0.461 e. The van der Waals surface area contributed by atoms with Crippen molar-refractivity contribution >= 4 is 30.4 Å². The molecule has 2 saturated carbocycles. The molecule has 2 aromatic rings. The fourth-order valence-corrected chi connectivity index (χ4v) is 6.44. The van der Waals surface area contributed by atoms with Crippen molar-refractivity contribution in [3.05, 3.63) is 12.7 Å². The van der Waals surface area contributed by atoms with E-state index in [2.05, 4.69) is 25.1 Å². The highest BCUT2D eigenvalue weighted by Gasteiger charge is 2.34. The molecule has 2 aromatic heterocycles. The summed E-state index contributed by atoms with van der Waals surface area (Å²) in [5.74, 6) is -0.0445. The zero-order chi connectivity index (χ0) is 23.4. The molecule has 0 aromatic carbocycles. The maximum Gasteiger partial charge on any atom is 0.323 e. The normalized spacial score (nSPS) is 20.9. The smallest absolute Gasteiger partial charge is 0.323 e. The summed E-state index contributed by atoms with van der Waals surface area (Å²) >= 11 is 0. The van der Waals surface area contributed by atoms with Gasteiger partial charge < -0.3 is 19.8 Å². The quantitative estimate of drug-likeness (QED) is 0.324. The monoisotopic (exact) mass is 479 g/mol. The van der Waals surface area contributed by atoms with Gasteiger partial charge >= 0.3 is 5.97 Å². The molecular weight excluding hydrogens is 445 g/mol. The lowest BCUT2D eigenvalue weighted by Crippen LogP contribution is -2.43. The maximum atomic E-state index is 13.7.